The molecule has 0 spiro atoms. The summed E-state index contributed by atoms with van der Waals surface area (Å²) in [5.41, 5.74) is 7.15. The van der Waals surface area contributed by atoms with Crippen LogP contribution in [-0.4, -0.2) is 17.5 Å². The van der Waals surface area contributed by atoms with Crippen LogP contribution in [0.1, 0.15) is 18.9 Å². The maximum atomic E-state index is 10.8. The largest absolute Gasteiger partial charge is 0.381 e. The van der Waals surface area contributed by atoms with Gasteiger partial charge in [-0.2, -0.15) is 0 Å². The Labute approximate surface area is 94.8 Å². The summed E-state index contributed by atoms with van der Waals surface area (Å²) in [5, 5.41) is 14.0. The van der Waals surface area contributed by atoms with Gasteiger partial charge in [0.25, 0.3) is 5.69 Å². The summed E-state index contributed by atoms with van der Waals surface area (Å²) in [6.45, 7) is 4.28. The van der Waals surface area contributed by atoms with Gasteiger partial charge in [-0.15, -0.1) is 0 Å². The van der Waals surface area contributed by atoms with E-state index in [-0.39, 0.29) is 16.7 Å². The number of nitro groups is 1. The fourth-order valence-electron chi connectivity index (χ4n) is 1.53. The third kappa shape index (κ3) is 2.70. The minimum absolute atomic E-state index is 0.136. The lowest BCUT2D eigenvalue weighted by molar-refractivity contribution is -0.385. The molecule has 0 aliphatic carbocycles. The number of nitro benzene ring substituents is 1. The Kier molecular flexibility index (Phi) is 4.25. The van der Waals surface area contributed by atoms with Gasteiger partial charge in [-0.25, -0.2) is 0 Å². The van der Waals surface area contributed by atoms with Crippen molar-refractivity contribution in [1.82, 2.24) is 0 Å². The van der Waals surface area contributed by atoms with Gasteiger partial charge in [0.15, 0.2) is 0 Å². The lowest BCUT2D eigenvalue weighted by atomic mass is 10.1. The number of hydrogen-bond donors (Lipinski definition) is 2. The van der Waals surface area contributed by atoms with Crippen LogP contribution in [0.5, 0.6) is 0 Å². The summed E-state index contributed by atoms with van der Waals surface area (Å²) in [5.74, 6) is 0. The van der Waals surface area contributed by atoms with Crippen molar-refractivity contribution in [3.8, 4) is 0 Å². The molecule has 3 N–H and O–H groups in total. The van der Waals surface area contributed by atoms with Crippen LogP contribution in [0.15, 0.2) is 18.2 Å². The molecule has 0 radical (unpaired) electrons. The third-order valence-electron chi connectivity index (χ3n) is 2.64. The van der Waals surface area contributed by atoms with Gasteiger partial charge in [-0.3, -0.25) is 10.1 Å². The fourth-order valence-corrected chi connectivity index (χ4v) is 1.53. The first-order chi connectivity index (χ1) is 7.60. The fraction of sp³-hybridized carbons (Fsp3) is 0.455. The van der Waals surface area contributed by atoms with Crippen molar-refractivity contribution in [3.05, 3.63) is 33.9 Å². The van der Waals surface area contributed by atoms with Gasteiger partial charge < -0.3 is 11.1 Å². The van der Waals surface area contributed by atoms with E-state index in [0.29, 0.717) is 12.1 Å². The molecule has 0 aliphatic heterocycles. The summed E-state index contributed by atoms with van der Waals surface area (Å²) in [7, 11) is 0. The maximum absolute atomic E-state index is 10.8. The van der Waals surface area contributed by atoms with Crippen LogP contribution in [0, 0.1) is 17.0 Å². The van der Waals surface area contributed by atoms with E-state index in [1.165, 1.54) is 6.07 Å². The number of nitrogens with two attached hydrogens (primary N) is 1. The number of benzene rings is 1. The molecule has 0 aromatic heterocycles. The third-order valence-corrected chi connectivity index (χ3v) is 2.64. The van der Waals surface area contributed by atoms with Crippen LogP contribution < -0.4 is 11.1 Å². The van der Waals surface area contributed by atoms with E-state index in [4.69, 9.17) is 5.73 Å². The normalized spacial score (nSPS) is 12.2. The topological polar surface area (TPSA) is 81.2 Å². The van der Waals surface area contributed by atoms with Crippen LogP contribution in [0.4, 0.5) is 11.4 Å². The number of nitrogens with one attached hydrogen (secondary N) is 1. The highest BCUT2D eigenvalue weighted by atomic mass is 16.6. The number of anilines is 1. The molecule has 0 aliphatic rings. The molecule has 0 saturated heterocycles. The SMILES string of the molecule is CCC(CN)Nc1cccc([N+](=O)[O-])c1C. The summed E-state index contributed by atoms with van der Waals surface area (Å²) < 4.78 is 0. The molecule has 1 unspecified atom stereocenters. The minimum atomic E-state index is -0.371. The zero-order chi connectivity index (χ0) is 12.1. The Bertz CT molecular complexity index is 375. The van der Waals surface area contributed by atoms with Gasteiger partial charge in [0.2, 0.25) is 0 Å². The second kappa shape index (κ2) is 5.46. The lowest BCUT2D eigenvalue weighted by Gasteiger charge is -2.17. The van der Waals surface area contributed by atoms with Gasteiger partial charge in [-0.1, -0.05) is 13.0 Å². The van der Waals surface area contributed by atoms with Crippen LogP contribution in [0.2, 0.25) is 0 Å². The summed E-state index contributed by atoms with van der Waals surface area (Å²) in [4.78, 5) is 10.4. The second-order valence-electron chi connectivity index (χ2n) is 3.69. The van der Waals surface area contributed by atoms with E-state index in [9.17, 15) is 10.1 Å². The summed E-state index contributed by atoms with van der Waals surface area (Å²) in [6, 6.07) is 5.17. The molecular weight excluding hydrogens is 206 g/mol. The van der Waals surface area contributed by atoms with E-state index in [1.54, 1.807) is 13.0 Å². The Morgan fingerprint density at radius 3 is 2.75 bits per heavy atom. The molecule has 5 heteroatoms. The first kappa shape index (κ1) is 12.4. The van der Waals surface area contributed by atoms with Crippen LogP contribution in [0.25, 0.3) is 0 Å². The van der Waals surface area contributed by atoms with Crippen molar-refractivity contribution >= 4 is 11.4 Å². The van der Waals surface area contributed by atoms with E-state index in [0.717, 1.165) is 12.1 Å². The van der Waals surface area contributed by atoms with Crippen molar-refractivity contribution in [2.24, 2.45) is 5.73 Å². The smallest absolute Gasteiger partial charge is 0.274 e. The van der Waals surface area contributed by atoms with E-state index >= 15 is 0 Å². The molecule has 1 aromatic carbocycles. The highest BCUT2D eigenvalue weighted by Gasteiger charge is 2.14. The monoisotopic (exact) mass is 223 g/mol. The first-order valence-electron chi connectivity index (χ1n) is 5.30. The predicted octanol–water partition coefficient (Wildman–Crippen LogP) is 2.05. The molecule has 88 valence electrons. The standard InChI is InChI=1S/C11H17N3O2/c1-3-9(7-12)13-10-5-4-6-11(8(10)2)14(15)16/h4-6,9,13H,3,7,12H2,1-2H3. The van der Waals surface area contributed by atoms with Crippen LogP contribution >= 0.6 is 0 Å². The highest BCUT2D eigenvalue weighted by Crippen LogP contribution is 2.25. The van der Waals surface area contributed by atoms with E-state index < -0.39 is 0 Å². The molecule has 0 bridgehead atoms. The molecule has 0 heterocycles. The van der Waals surface area contributed by atoms with Crippen molar-refractivity contribution in [1.29, 1.82) is 0 Å². The summed E-state index contributed by atoms with van der Waals surface area (Å²) in [6.07, 6.45) is 0.888. The van der Waals surface area contributed by atoms with Crippen molar-refractivity contribution < 1.29 is 4.92 Å². The molecule has 1 atom stereocenters. The molecule has 1 rings (SSSR count). The van der Waals surface area contributed by atoms with E-state index in [1.807, 2.05) is 13.0 Å². The predicted molar refractivity (Wildman–Crippen MR) is 64.6 cm³/mol. The quantitative estimate of drug-likeness (QED) is 0.591. The number of nitrogens with zero attached hydrogens (tertiary/aromatic N) is 1. The minimum Gasteiger partial charge on any atom is -0.381 e. The Hall–Kier alpha value is -1.62. The average molecular weight is 223 g/mol. The van der Waals surface area contributed by atoms with Gasteiger partial charge in [0.1, 0.15) is 0 Å². The van der Waals surface area contributed by atoms with Crippen molar-refractivity contribution in [2.75, 3.05) is 11.9 Å². The van der Waals surface area contributed by atoms with Gasteiger partial charge in [0.05, 0.1) is 4.92 Å². The number of hydrogen-bond acceptors (Lipinski definition) is 4. The zero-order valence-electron chi connectivity index (χ0n) is 9.56. The van der Waals surface area contributed by atoms with Crippen molar-refractivity contribution in [3.63, 3.8) is 0 Å². The molecule has 1 aromatic rings. The molecule has 0 amide bonds. The Morgan fingerprint density at radius 2 is 2.25 bits per heavy atom. The molecule has 16 heavy (non-hydrogen) atoms. The van der Waals surface area contributed by atoms with Crippen molar-refractivity contribution in [2.45, 2.75) is 26.3 Å². The zero-order valence-corrected chi connectivity index (χ0v) is 9.56. The Balaban J connectivity index is 2.97. The Morgan fingerprint density at radius 1 is 1.56 bits per heavy atom. The van der Waals surface area contributed by atoms with Gasteiger partial charge >= 0.3 is 0 Å². The number of rotatable bonds is 5. The molecule has 0 saturated carbocycles. The van der Waals surface area contributed by atoms with Gasteiger partial charge in [0, 0.05) is 29.9 Å². The molecule has 5 nitrogen and oxygen atoms in total. The van der Waals surface area contributed by atoms with Gasteiger partial charge in [-0.05, 0) is 19.4 Å². The van der Waals surface area contributed by atoms with E-state index in [2.05, 4.69) is 5.32 Å². The molecular formula is C11H17N3O2. The highest BCUT2D eigenvalue weighted by molar-refractivity contribution is 5.60. The van der Waals surface area contributed by atoms with Crippen LogP contribution in [0.3, 0.4) is 0 Å². The summed E-state index contributed by atoms with van der Waals surface area (Å²) >= 11 is 0. The molecule has 0 fully saturated rings. The first-order valence-corrected chi connectivity index (χ1v) is 5.30. The maximum Gasteiger partial charge on any atom is 0.274 e. The lowest BCUT2D eigenvalue weighted by Crippen LogP contribution is -2.28. The van der Waals surface area contributed by atoms with Crippen LogP contribution in [-0.2, 0) is 0 Å². The average Bonchev–Trinajstić information content (AvgIpc) is 2.27. The second-order valence-corrected chi connectivity index (χ2v) is 3.69.